The first-order valence-electron chi connectivity index (χ1n) is 11.4. The molecule has 30 heavy (non-hydrogen) atoms. The first kappa shape index (κ1) is 27.0. The Bertz CT molecular complexity index is 599. The molecule has 172 valence electrons. The second-order valence-corrected chi connectivity index (χ2v) is 10.5. The van der Waals surface area contributed by atoms with Crippen LogP contribution in [0.4, 0.5) is 0 Å². The zero-order valence-electron chi connectivity index (χ0n) is 20.5. The van der Waals surface area contributed by atoms with Crippen molar-refractivity contribution >= 4 is 14.4 Å². The molecule has 0 unspecified atom stereocenters. The van der Waals surface area contributed by atoms with E-state index in [0.29, 0.717) is 42.9 Å². The highest BCUT2D eigenvalue weighted by molar-refractivity contribution is 7.47. The van der Waals surface area contributed by atoms with Crippen LogP contribution in [0.2, 0.25) is 0 Å². The van der Waals surface area contributed by atoms with Crippen molar-refractivity contribution in [1.82, 2.24) is 9.34 Å². The summed E-state index contributed by atoms with van der Waals surface area (Å²) in [5.41, 5.74) is 1.48. The molecule has 0 aliphatic heterocycles. The molecular formula is C24H43N2O3P. The third-order valence-corrected chi connectivity index (χ3v) is 7.81. The number of nitrogens with zero attached hydrogens (tertiary/aromatic N) is 2. The lowest BCUT2D eigenvalue weighted by Gasteiger charge is -2.45. The van der Waals surface area contributed by atoms with Crippen LogP contribution in [0.1, 0.15) is 91.1 Å². The molecule has 6 heteroatoms. The lowest BCUT2D eigenvalue weighted by atomic mass is 10.1. The average molecular weight is 439 g/mol. The number of hydrogen-bond donors (Lipinski definition) is 0. The molecular weight excluding hydrogens is 395 g/mol. The Morgan fingerprint density at radius 1 is 0.900 bits per heavy atom. The normalized spacial score (nSPS) is 12.4. The molecule has 0 aliphatic carbocycles. The van der Waals surface area contributed by atoms with Crippen molar-refractivity contribution in [2.24, 2.45) is 0 Å². The highest BCUT2D eigenvalue weighted by Gasteiger charge is 2.34. The van der Waals surface area contributed by atoms with E-state index in [2.05, 4.69) is 71.7 Å². The maximum atomic E-state index is 12.6. The van der Waals surface area contributed by atoms with Gasteiger partial charge in [-0.3, -0.25) is 0 Å². The molecule has 0 saturated heterocycles. The molecule has 0 heterocycles. The number of unbranched alkanes of at least 4 members (excludes halogenated alkanes) is 1. The van der Waals surface area contributed by atoms with E-state index in [1.54, 1.807) is 0 Å². The van der Waals surface area contributed by atoms with Crippen LogP contribution in [0.5, 0.6) is 0 Å². The molecule has 0 bridgehead atoms. The molecule has 0 spiro atoms. The van der Waals surface area contributed by atoms with Crippen molar-refractivity contribution in [3.05, 3.63) is 35.4 Å². The van der Waals surface area contributed by atoms with Gasteiger partial charge in [0.05, 0.1) is 18.8 Å². The molecule has 1 rings (SSSR count). The number of ether oxygens (including phenoxy) is 1. The lowest BCUT2D eigenvalue weighted by molar-refractivity contribution is 0.0496. The fourth-order valence-electron chi connectivity index (χ4n) is 3.59. The van der Waals surface area contributed by atoms with E-state index in [4.69, 9.17) is 9.26 Å². The number of carbonyl (C=O) groups excluding carboxylic acids is 1. The van der Waals surface area contributed by atoms with Gasteiger partial charge in [-0.05, 0) is 73.4 Å². The largest absolute Gasteiger partial charge is 0.462 e. The first-order valence-corrected chi connectivity index (χ1v) is 12.5. The Balaban J connectivity index is 3.13. The third-order valence-electron chi connectivity index (χ3n) is 4.82. The third kappa shape index (κ3) is 7.92. The number of rotatable bonds is 13. The van der Waals surface area contributed by atoms with E-state index in [1.165, 1.54) is 0 Å². The molecule has 0 saturated carbocycles. The van der Waals surface area contributed by atoms with E-state index < -0.39 is 8.45 Å². The summed E-state index contributed by atoms with van der Waals surface area (Å²) in [6.07, 6.45) is 1.88. The zero-order chi connectivity index (χ0) is 22.8. The molecule has 1 aromatic carbocycles. The summed E-state index contributed by atoms with van der Waals surface area (Å²) in [5.74, 6) is -0.263. The number of carbonyl (C=O) groups is 1. The van der Waals surface area contributed by atoms with Crippen LogP contribution in [0.15, 0.2) is 24.3 Å². The summed E-state index contributed by atoms with van der Waals surface area (Å²) in [6, 6.07) is 9.04. The van der Waals surface area contributed by atoms with Crippen LogP contribution < -0.4 is 0 Å². The molecule has 0 radical (unpaired) electrons. The zero-order valence-corrected chi connectivity index (χ0v) is 21.4. The lowest BCUT2D eigenvalue weighted by Crippen LogP contribution is -2.43. The van der Waals surface area contributed by atoms with Gasteiger partial charge >= 0.3 is 5.97 Å². The minimum absolute atomic E-state index is 0.263. The van der Waals surface area contributed by atoms with E-state index in [0.717, 1.165) is 18.4 Å². The minimum Gasteiger partial charge on any atom is -0.462 e. The Morgan fingerprint density at radius 3 is 1.87 bits per heavy atom. The molecule has 0 atom stereocenters. The van der Waals surface area contributed by atoms with Crippen LogP contribution >= 0.6 is 8.45 Å². The molecule has 1 aromatic rings. The second kappa shape index (κ2) is 13.4. The van der Waals surface area contributed by atoms with Crippen molar-refractivity contribution in [2.75, 3.05) is 6.61 Å². The molecule has 0 aliphatic rings. The summed E-state index contributed by atoms with van der Waals surface area (Å²) >= 11 is 0. The summed E-state index contributed by atoms with van der Waals surface area (Å²) in [4.78, 5) is 12.6. The summed E-state index contributed by atoms with van der Waals surface area (Å²) < 4.78 is 17.0. The Labute approximate surface area is 186 Å². The van der Waals surface area contributed by atoms with Crippen molar-refractivity contribution in [3.63, 3.8) is 0 Å². The van der Waals surface area contributed by atoms with Gasteiger partial charge in [-0.2, -0.15) is 0 Å². The van der Waals surface area contributed by atoms with E-state index >= 15 is 0 Å². The summed E-state index contributed by atoms with van der Waals surface area (Å²) in [5, 5.41) is 0. The summed E-state index contributed by atoms with van der Waals surface area (Å²) in [6.45, 7) is 20.7. The highest BCUT2D eigenvalue weighted by Crippen LogP contribution is 2.51. The van der Waals surface area contributed by atoms with Crippen LogP contribution in [0.3, 0.4) is 0 Å². The molecule has 5 nitrogen and oxygen atoms in total. The Kier molecular flexibility index (Phi) is 12.1. The fraction of sp³-hybridized carbons (Fsp3) is 0.708. The number of esters is 1. The van der Waals surface area contributed by atoms with Gasteiger partial charge in [0.15, 0.2) is 8.45 Å². The second-order valence-electron chi connectivity index (χ2n) is 8.81. The predicted octanol–water partition coefficient (Wildman–Crippen LogP) is 6.62. The van der Waals surface area contributed by atoms with Crippen LogP contribution in [0.25, 0.3) is 0 Å². The van der Waals surface area contributed by atoms with E-state index in [9.17, 15) is 4.79 Å². The number of benzene rings is 1. The number of hydrogen-bond acceptors (Lipinski definition) is 5. The van der Waals surface area contributed by atoms with Crippen molar-refractivity contribution in [2.45, 2.75) is 106 Å². The van der Waals surface area contributed by atoms with Gasteiger partial charge in [0.1, 0.15) is 0 Å². The van der Waals surface area contributed by atoms with E-state index in [1.807, 2.05) is 24.3 Å². The standard InChI is InChI=1S/C24H43N2O3P/c1-10-11-16-28-24(27)23-15-13-12-14-22(23)17-29-30(25(18(2)3)19(4)5)26(20(6)7)21(8)9/h12-15,18-21H,10-11,16-17H2,1-9H3. The van der Waals surface area contributed by atoms with Gasteiger partial charge in [0.25, 0.3) is 0 Å². The molecule has 0 N–H and O–H groups in total. The molecule has 0 aromatic heterocycles. The van der Waals surface area contributed by atoms with Crippen molar-refractivity contribution in [1.29, 1.82) is 0 Å². The predicted molar refractivity (Wildman–Crippen MR) is 128 cm³/mol. The average Bonchev–Trinajstić information content (AvgIpc) is 2.65. The first-order chi connectivity index (χ1) is 14.1. The van der Waals surface area contributed by atoms with Crippen LogP contribution in [-0.4, -0.2) is 46.1 Å². The molecule has 0 amide bonds. The van der Waals surface area contributed by atoms with Crippen LogP contribution in [0, 0.1) is 0 Å². The fourth-order valence-corrected chi connectivity index (χ4v) is 5.94. The quantitative estimate of drug-likeness (QED) is 0.197. The Hall–Kier alpha value is -1.00. The summed E-state index contributed by atoms with van der Waals surface area (Å²) in [7, 11) is -1.000. The topological polar surface area (TPSA) is 42.0 Å². The van der Waals surface area contributed by atoms with E-state index in [-0.39, 0.29) is 5.97 Å². The van der Waals surface area contributed by atoms with Crippen molar-refractivity contribution < 1.29 is 14.1 Å². The van der Waals surface area contributed by atoms with Crippen LogP contribution in [-0.2, 0) is 15.9 Å². The molecule has 0 fully saturated rings. The van der Waals surface area contributed by atoms with Gasteiger partial charge in [0, 0.05) is 24.2 Å². The smallest absolute Gasteiger partial charge is 0.338 e. The Morgan fingerprint density at radius 2 is 1.40 bits per heavy atom. The minimum atomic E-state index is -1.000. The maximum Gasteiger partial charge on any atom is 0.338 e. The van der Waals surface area contributed by atoms with Gasteiger partial charge in [-0.1, -0.05) is 31.5 Å². The monoisotopic (exact) mass is 438 g/mol. The maximum absolute atomic E-state index is 12.6. The van der Waals surface area contributed by atoms with Gasteiger partial charge in [-0.15, -0.1) is 0 Å². The van der Waals surface area contributed by atoms with Gasteiger partial charge < -0.3 is 9.26 Å². The SMILES string of the molecule is CCCCOC(=O)c1ccccc1COP(N(C(C)C)C(C)C)N(C(C)C)C(C)C. The van der Waals surface area contributed by atoms with Gasteiger partial charge in [-0.25, -0.2) is 14.1 Å². The highest BCUT2D eigenvalue weighted by atomic mass is 31.2. The van der Waals surface area contributed by atoms with Gasteiger partial charge in [0.2, 0.25) is 0 Å². The van der Waals surface area contributed by atoms with Crippen molar-refractivity contribution in [3.8, 4) is 0 Å².